The van der Waals surface area contributed by atoms with Gasteiger partial charge in [0.2, 0.25) is 11.8 Å². The number of anilines is 2. The summed E-state index contributed by atoms with van der Waals surface area (Å²) in [5.74, 6) is -1.96. The Kier molecular flexibility index (Phi) is 8.09. The topological polar surface area (TPSA) is 116 Å². The highest BCUT2D eigenvalue weighted by atomic mass is 79.9. The van der Waals surface area contributed by atoms with E-state index >= 15 is 0 Å². The van der Waals surface area contributed by atoms with Crippen LogP contribution in [-0.4, -0.2) is 28.4 Å². The second-order valence-electron chi connectivity index (χ2n) is 8.68. The van der Waals surface area contributed by atoms with Gasteiger partial charge in [-0.2, -0.15) is 0 Å². The lowest BCUT2D eigenvalue weighted by Crippen LogP contribution is -2.58. The zero-order valence-corrected chi connectivity index (χ0v) is 23.0. The number of halogens is 1. The number of hydrogen-bond donors (Lipinski definition) is 5. The van der Waals surface area contributed by atoms with E-state index in [1.165, 1.54) is 23.1 Å². The molecule has 3 unspecified atom stereocenters. The lowest BCUT2D eigenvalue weighted by molar-refractivity contribution is -0.132. The van der Waals surface area contributed by atoms with Crippen molar-refractivity contribution in [2.75, 3.05) is 16.4 Å². The van der Waals surface area contributed by atoms with Crippen LogP contribution < -0.4 is 21.7 Å². The van der Waals surface area contributed by atoms with Crippen LogP contribution in [0.4, 0.5) is 11.4 Å². The van der Waals surface area contributed by atoms with Crippen LogP contribution in [0.1, 0.15) is 23.3 Å². The summed E-state index contributed by atoms with van der Waals surface area (Å²) in [5.41, 5.74) is 7.68. The number of amides is 2. The molecule has 6 N–H and O–H groups in total. The molecule has 2 heterocycles. The summed E-state index contributed by atoms with van der Waals surface area (Å²) >= 11 is 6.04. The van der Waals surface area contributed by atoms with E-state index in [1.54, 1.807) is 19.1 Å². The fraction of sp³-hybridized carbons (Fsp3) is 0.231. The van der Waals surface area contributed by atoms with Gasteiger partial charge in [-0.1, -0.05) is 52.0 Å². The molecule has 3 atom stereocenters. The Morgan fingerprint density at radius 1 is 1.14 bits per heavy atom. The molecule has 7 nitrogen and oxygen atoms in total. The third-order valence-electron chi connectivity index (χ3n) is 5.91. The Bertz CT molecular complexity index is 1280. The van der Waals surface area contributed by atoms with Crippen molar-refractivity contribution in [3.05, 3.63) is 91.7 Å². The highest BCUT2D eigenvalue weighted by Crippen LogP contribution is 2.44. The number of benzene rings is 2. The zero-order valence-electron chi connectivity index (χ0n) is 19.7. The van der Waals surface area contributed by atoms with Crippen LogP contribution in [0, 0.1) is 12.8 Å². The zero-order chi connectivity index (χ0) is 25.9. The second-order valence-corrected chi connectivity index (χ2v) is 11.6. The van der Waals surface area contributed by atoms with Gasteiger partial charge in [-0.3, -0.25) is 9.59 Å². The van der Waals surface area contributed by atoms with Crippen molar-refractivity contribution in [1.82, 2.24) is 5.32 Å². The molecule has 1 aliphatic heterocycles. The number of para-hydroxylation sites is 1. The molecule has 0 fully saturated rings. The van der Waals surface area contributed by atoms with Crippen molar-refractivity contribution in [3.63, 3.8) is 0 Å². The van der Waals surface area contributed by atoms with E-state index in [1.807, 2.05) is 60.8 Å². The molecule has 0 saturated carbocycles. The van der Waals surface area contributed by atoms with Crippen LogP contribution in [-0.2, 0) is 9.59 Å². The standard InChI is InChI=1S/C26H27BrN4O3S2/c1-15-6-3-4-7-18(15)30-24(33)22-21(19-8-5-13-35-19)23(28)25(31-26(22,2)34)36-14-20(32)29-17-11-9-16(27)10-12-17/h3-13,21-22,31,34H,14,28H2,1-2H3,(H,29,32)(H,30,33). The van der Waals surface area contributed by atoms with Gasteiger partial charge >= 0.3 is 0 Å². The Labute approximate surface area is 226 Å². The van der Waals surface area contributed by atoms with Gasteiger partial charge in [0.15, 0.2) is 0 Å². The second kappa shape index (κ2) is 11.1. The number of aryl methyl sites for hydroxylation is 1. The van der Waals surface area contributed by atoms with E-state index in [4.69, 9.17) is 5.73 Å². The fourth-order valence-electron chi connectivity index (χ4n) is 4.13. The molecule has 0 saturated heterocycles. The first-order valence-electron chi connectivity index (χ1n) is 11.2. The largest absolute Gasteiger partial charge is 0.399 e. The number of nitrogens with one attached hydrogen (secondary N) is 3. The minimum Gasteiger partial charge on any atom is -0.399 e. The number of thiophene rings is 1. The van der Waals surface area contributed by atoms with Crippen molar-refractivity contribution >= 4 is 62.2 Å². The maximum atomic E-state index is 13.5. The minimum absolute atomic E-state index is 0.0758. The highest BCUT2D eigenvalue weighted by Gasteiger charge is 2.49. The minimum atomic E-state index is -1.62. The number of carbonyl (C=O) groups is 2. The molecule has 188 valence electrons. The van der Waals surface area contributed by atoms with E-state index in [9.17, 15) is 14.7 Å². The Morgan fingerprint density at radius 2 is 1.86 bits per heavy atom. The summed E-state index contributed by atoms with van der Waals surface area (Å²) in [5, 5.41) is 22.7. The van der Waals surface area contributed by atoms with Gasteiger partial charge in [-0.15, -0.1) is 11.3 Å². The molecule has 1 aliphatic rings. The van der Waals surface area contributed by atoms with Crippen molar-refractivity contribution < 1.29 is 14.7 Å². The first kappa shape index (κ1) is 26.3. The first-order valence-corrected chi connectivity index (χ1v) is 13.9. The molecule has 1 aromatic heterocycles. The van der Waals surface area contributed by atoms with Gasteiger partial charge in [0.05, 0.1) is 22.6 Å². The Hall–Kier alpha value is -2.79. The number of nitrogens with two attached hydrogens (primary N) is 1. The number of allylic oxidation sites excluding steroid dienone is 1. The third kappa shape index (κ3) is 5.95. The van der Waals surface area contributed by atoms with Crippen LogP contribution in [0.2, 0.25) is 0 Å². The summed E-state index contributed by atoms with van der Waals surface area (Å²) in [7, 11) is 0. The van der Waals surface area contributed by atoms with Crippen LogP contribution in [0.25, 0.3) is 0 Å². The summed E-state index contributed by atoms with van der Waals surface area (Å²) in [6.07, 6.45) is 0. The van der Waals surface area contributed by atoms with Gasteiger partial charge in [0.25, 0.3) is 0 Å². The number of thioether (sulfide) groups is 1. The van der Waals surface area contributed by atoms with E-state index in [0.717, 1.165) is 14.9 Å². The number of rotatable bonds is 7. The van der Waals surface area contributed by atoms with E-state index in [-0.39, 0.29) is 17.6 Å². The van der Waals surface area contributed by atoms with Crippen LogP contribution in [0.5, 0.6) is 0 Å². The SMILES string of the molecule is Cc1ccccc1NC(=O)C1C(c2cccs2)C(N)=C(SCC(=O)Nc2ccc(Br)cc2)NC1(C)O. The molecule has 0 bridgehead atoms. The van der Waals surface area contributed by atoms with E-state index < -0.39 is 17.6 Å². The summed E-state index contributed by atoms with van der Waals surface area (Å²) in [4.78, 5) is 27.0. The molecule has 0 spiro atoms. The number of aliphatic hydroxyl groups is 1. The Morgan fingerprint density at radius 3 is 2.53 bits per heavy atom. The van der Waals surface area contributed by atoms with Crippen molar-refractivity contribution in [3.8, 4) is 0 Å². The number of hydrogen-bond acceptors (Lipinski definition) is 7. The Balaban J connectivity index is 1.57. The molecule has 0 radical (unpaired) electrons. The van der Waals surface area contributed by atoms with Gasteiger partial charge in [0, 0.05) is 26.4 Å². The van der Waals surface area contributed by atoms with Gasteiger partial charge in [-0.05, 0) is 61.2 Å². The van der Waals surface area contributed by atoms with Gasteiger partial charge in [0.1, 0.15) is 5.72 Å². The molecular formula is C26H27BrN4O3S2. The molecule has 4 rings (SSSR count). The average Bonchev–Trinajstić information content (AvgIpc) is 3.36. The maximum absolute atomic E-state index is 13.5. The molecule has 2 aromatic carbocycles. The van der Waals surface area contributed by atoms with Crippen LogP contribution in [0.15, 0.2) is 81.2 Å². The quantitative estimate of drug-likeness (QED) is 0.267. The third-order valence-corrected chi connectivity index (χ3v) is 8.43. The molecular weight excluding hydrogens is 560 g/mol. The summed E-state index contributed by atoms with van der Waals surface area (Å²) < 4.78 is 0.919. The molecule has 36 heavy (non-hydrogen) atoms. The molecule has 0 aliphatic carbocycles. The van der Waals surface area contributed by atoms with Crippen molar-refractivity contribution in [2.24, 2.45) is 11.7 Å². The predicted molar refractivity (Wildman–Crippen MR) is 151 cm³/mol. The van der Waals surface area contributed by atoms with Crippen molar-refractivity contribution in [2.45, 2.75) is 25.5 Å². The van der Waals surface area contributed by atoms with E-state index in [0.29, 0.717) is 22.1 Å². The summed E-state index contributed by atoms with van der Waals surface area (Å²) in [6.45, 7) is 3.47. The first-order chi connectivity index (χ1) is 17.2. The van der Waals surface area contributed by atoms with Gasteiger partial charge < -0.3 is 26.8 Å². The average molecular weight is 588 g/mol. The predicted octanol–water partition coefficient (Wildman–Crippen LogP) is 4.97. The van der Waals surface area contributed by atoms with Gasteiger partial charge in [-0.25, -0.2) is 0 Å². The number of carbonyl (C=O) groups excluding carboxylic acids is 2. The maximum Gasteiger partial charge on any atom is 0.234 e. The highest BCUT2D eigenvalue weighted by molar-refractivity contribution is 9.10. The molecule has 2 amide bonds. The summed E-state index contributed by atoms with van der Waals surface area (Å²) in [6, 6.07) is 18.6. The lowest BCUT2D eigenvalue weighted by Gasteiger charge is -2.43. The smallest absolute Gasteiger partial charge is 0.234 e. The lowest BCUT2D eigenvalue weighted by atomic mass is 9.78. The fourth-order valence-corrected chi connectivity index (χ4v) is 6.19. The normalized spacial score (nSPS) is 21.6. The molecule has 10 heteroatoms. The van der Waals surface area contributed by atoms with Crippen LogP contribution in [0.3, 0.4) is 0 Å². The monoisotopic (exact) mass is 586 g/mol. The van der Waals surface area contributed by atoms with Crippen LogP contribution >= 0.6 is 39.0 Å². The van der Waals surface area contributed by atoms with Crippen molar-refractivity contribution in [1.29, 1.82) is 0 Å². The van der Waals surface area contributed by atoms with E-state index in [2.05, 4.69) is 31.9 Å². The molecule has 3 aromatic rings.